The van der Waals surface area contributed by atoms with Crippen molar-refractivity contribution in [2.75, 3.05) is 0 Å². The highest BCUT2D eigenvalue weighted by Crippen LogP contribution is 2.34. The van der Waals surface area contributed by atoms with E-state index in [0.29, 0.717) is 0 Å². The topological polar surface area (TPSA) is 25.8 Å². The molecule has 1 radical (unpaired) electrons. The van der Waals surface area contributed by atoms with E-state index < -0.39 is 0 Å². The SMILES string of the molecule is [c]1c2ccccc2cc2c(-c3nccc4cc5ccccc5cc34)nccc12. The molecule has 0 N–H and O–H groups in total. The van der Waals surface area contributed by atoms with Crippen molar-refractivity contribution in [3.8, 4) is 11.4 Å². The van der Waals surface area contributed by atoms with E-state index >= 15 is 0 Å². The van der Waals surface area contributed by atoms with E-state index in [1.165, 1.54) is 16.2 Å². The maximum Gasteiger partial charge on any atom is 0.0971 e. The zero-order chi connectivity index (χ0) is 18.5. The van der Waals surface area contributed by atoms with Gasteiger partial charge in [-0.25, -0.2) is 0 Å². The van der Waals surface area contributed by atoms with Gasteiger partial charge in [-0.05, 0) is 68.7 Å². The molecule has 0 saturated carbocycles. The summed E-state index contributed by atoms with van der Waals surface area (Å²) in [4.78, 5) is 9.47. The summed E-state index contributed by atoms with van der Waals surface area (Å²) < 4.78 is 0. The van der Waals surface area contributed by atoms with Gasteiger partial charge in [0.2, 0.25) is 0 Å². The van der Waals surface area contributed by atoms with Crippen LogP contribution in [0.4, 0.5) is 0 Å². The van der Waals surface area contributed by atoms with Crippen molar-refractivity contribution in [3.63, 3.8) is 0 Å². The minimum Gasteiger partial charge on any atom is -0.254 e. The molecule has 0 aliphatic rings. The second-order valence-corrected chi connectivity index (χ2v) is 7.06. The van der Waals surface area contributed by atoms with Crippen molar-refractivity contribution in [2.45, 2.75) is 0 Å². The Balaban J connectivity index is 1.72. The summed E-state index contributed by atoms with van der Waals surface area (Å²) in [5, 5.41) is 9.15. The van der Waals surface area contributed by atoms with Crippen LogP contribution < -0.4 is 0 Å². The van der Waals surface area contributed by atoms with Crippen LogP contribution >= 0.6 is 0 Å². The molecule has 6 aromatic rings. The van der Waals surface area contributed by atoms with E-state index in [2.05, 4.69) is 72.8 Å². The quantitative estimate of drug-likeness (QED) is 0.312. The molecule has 0 amide bonds. The van der Waals surface area contributed by atoms with Gasteiger partial charge in [-0.2, -0.15) is 0 Å². The van der Waals surface area contributed by atoms with Gasteiger partial charge in [0.05, 0.1) is 11.4 Å². The number of benzene rings is 4. The molecule has 4 aromatic carbocycles. The fourth-order valence-corrected chi connectivity index (χ4v) is 4.01. The van der Waals surface area contributed by atoms with Crippen molar-refractivity contribution >= 4 is 43.1 Å². The molecule has 0 spiro atoms. The average Bonchev–Trinajstić information content (AvgIpc) is 2.75. The van der Waals surface area contributed by atoms with Crippen molar-refractivity contribution in [1.82, 2.24) is 9.97 Å². The van der Waals surface area contributed by atoms with Gasteiger partial charge in [-0.1, -0.05) is 48.5 Å². The first kappa shape index (κ1) is 15.3. The highest BCUT2D eigenvalue weighted by atomic mass is 14.8. The molecule has 129 valence electrons. The van der Waals surface area contributed by atoms with Crippen molar-refractivity contribution in [2.24, 2.45) is 0 Å². The van der Waals surface area contributed by atoms with Crippen LogP contribution in [0.5, 0.6) is 0 Å². The zero-order valence-electron chi connectivity index (χ0n) is 15.1. The number of fused-ring (bicyclic) bond motifs is 4. The van der Waals surface area contributed by atoms with Crippen LogP contribution in [0.2, 0.25) is 0 Å². The second kappa shape index (κ2) is 5.86. The Kier molecular flexibility index (Phi) is 3.20. The number of rotatable bonds is 1. The summed E-state index contributed by atoms with van der Waals surface area (Å²) in [6, 6.07) is 31.0. The van der Waals surface area contributed by atoms with Crippen LogP contribution in [0.1, 0.15) is 0 Å². The minimum atomic E-state index is 0.903. The number of pyridine rings is 2. The van der Waals surface area contributed by atoms with E-state index in [0.717, 1.165) is 38.3 Å². The lowest BCUT2D eigenvalue weighted by atomic mass is 9.98. The molecular weight excluding hydrogens is 340 g/mol. The first-order valence-electron chi connectivity index (χ1n) is 9.34. The van der Waals surface area contributed by atoms with Crippen molar-refractivity contribution in [1.29, 1.82) is 0 Å². The molecule has 2 heterocycles. The predicted molar refractivity (Wildman–Crippen MR) is 116 cm³/mol. The lowest BCUT2D eigenvalue weighted by Gasteiger charge is -2.10. The van der Waals surface area contributed by atoms with Gasteiger partial charge in [-0.3, -0.25) is 9.97 Å². The average molecular weight is 355 g/mol. The number of aromatic nitrogens is 2. The van der Waals surface area contributed by atoms with Crippen LogP contribution in [-0.4, -0.2) is 9.97 Å². The van der Waals surface area contributed by atoms with Crippen LogP contribution in [0, 0.1) is 6.07 Å². The molecule has 0 fully saturated rings. The Morgan fingerprint density at radius 1 is 0.500 bits per heavy atom. The standard InChI is InChI=1S/C26H15N2/c1-3-7-19-15-23-21(13-17(19)5-1)9-11-27-25(23)26-24-16-20-8-4-2-6-18(20)14-22(24)10-12-28-26/h1-13,15-16H. The molecule has 28 heavy (non-hydrogen) atoms. The fourth-order valence-electron chi connectivity index (χ4n) is 4.01. The van der Waals surface area contributed by atoms with Crippen LogP contribution in [0.25, 0.3) is 54.5 Å². The first-order valence-corrected chi connectivity index (χ1v) is 9.34. The van der Waals surface area contributed by atoms with Crippen molar-refractivity contribution in [3.05, 3.63) is 97.3 Å². The van der Waals surface area contributed by atoms with Crippen molar-refractivity contribution < 1.29 is 0 Å². The zero-order valence-corrected chi connectivity index (χ0v) is 15.1. The highest BCUT2D eigenvalue weighted by molar-refractivity contribution is 6.09. The highest BCUT2D eigenvalue weighted by Gasteiger charge is 2.12. The lowest BCUT2D eigenvalue weighted by molar-refractivity contribution is 1.29. The van der Waals surface area contributed by atoms with E-state index in [-0.39, 0.29) is 0 Å². The third-order valence-corrected chi connectivity index (χ3v) is 5.38. The van der Waals surface area contributed by atoms with Gasteiger partial charge >= 0.3 is 0 Å². The Hall–Kier alpha value is -3.78. The summed E-state index contributed by atoms with van der Waals surface area (Å²) in [6.45, 7) is 0. The Morgan fingerprint density at radius 3 is 2.00 bits per heavy atom. The molecular formula is C26H15N2. The van der Waals surface area contributed by atoms with Gasteiger partial charge in [0.15, 0.2) is 0 Å². The van der Waals surface area contributed by atoms with Crippen LogP contribution in [-0.2, 0) is 0 Å². The molecule has 0 aliphatic carbocycles. The lowest BCUT2D eigenvalue weighted by Crippen LogP contribution is -1.91. The normalized spacial score (nSPS) is 11.6. The van der Waals surface area contributed by atoms with E-state index in [9.17, 15) is 0 Å². The van der Waals surface area contributed by atoms with Crippen LogP contribution in [0.15, 0.2) is 91.3 Å². The minimum absolute atomic E-state index is 0.903. The maximum atomic E-state index is 4.74. The Labute approximate surface area is 162 Å². The smallest absolute Gasteiger partial charge is 0.0971 e. The van der Waals surface area contributed by atoms with Crippen LogP contribution in [0.3, 0.4) is 0 Å². The number of nitrogens with zero attached hydrogens (tertiary/aromatic N) is 2. The van der Waals surface area contributed by atoms with Gasteiger partial charge in [0.1, 0.15) is 0 Å². The molecule has 0 atom stereocenters. The third kappa shape index (κ3) is 2.28. The Bertz CT molecular complexity index is 1400. The largest absolute Gasteiger partial charge is 0.254 e. The molecule has 0 bridgehead atoms. The maximum absolute atomic E-state index is 4.74. The molecule has 0 unspecified atom stereocenters. The number of hydrogen-bond donors (Lipinski definition) is 0. The summed E-state index contributed by atoms with van der Waals surface area (Å²) in [5.74, 6) is 0. The van der Waals surface area contributed by atoms with E-state index in [1.807, 2.05) is 24.5 Å². The molecule has 0 aliphatic heterocycles. The Morgan fingerprint density at radius 2 is 1.14 bits per heavy atom. The molecule has 2 heteroatoms. The summed E-state index contributed by atoms with van der Waals surface area (Å²) in [7, 11) is 0. The summed E-state index contributed by atoms with van der Waals surface area (Å²) in [5.41, 5.74) is 1.82. The first-order chi connectivity index (χ1) is 13.9. The molecule has 0 saturated heterocycles. The van der Waals surface area contributed by atoms with Gasteiger partial charge in [-0.15, -0.1) is 0 Å². The molecule has 2 nitrogen and oxygen atoms in total. The number of hydrogen-bond acceptors (Lipinski definition) is 2. The second-order valence-electron chi connectivity index (χ2n) is 7.06. The van der Waals surface area contributed by atoms with Gasteiger partial charge < -0.3 is 0 Å². The third-order valence-electron chi connectivity index (χ3n) is 5.38. The predicted octanol–water partition coefficient (Wildman–Crippen LogP) is 6.56. The molecule has 2 aromatic heterocycles. The summed E-state index contributed by atoms with van der Waals surface area (Å²) >= 11 is 0. The van der Waals surface area contributed by atoms with E-state index in [1.54, 1.807) is 0 Å². The summed E-state index contributed by atoms with van der Waals surface area (Å²) in [6.07, 6.45) is 3.72. The van der Waals surface area contributed by atoms with Gasteiger partial charge in [0.25, 0.3) is 0 Å². The molecule has 6 rings (SSSR count). The van der Waals surface area contributed by atoms with E-state index in [4.69, 9.17) is 9.97 Å². The fraction of sp³-hybridized carbons (Fsp3) is 0. The monoisotopic (exact) mass is 355 g/mol. The van der Waals surface area contributed by atoms with Gasteiger partial charge in [0, 0.05) is 23.2 Å².